The van der Waals surface area contributed by atoms with E-state index < -0.39 is 43.2 Å². The van der Waals surface area contributed by atoms with E-state index >= 15 is 0 Å². The van der Waals surface area contributed by atoms with Crippen molar-refractivity contribution < 1.29 is 56.4 Å². The van der Waals surface area contributed by atoms with Crippen LogP contribution in [0.25, 0.3) is 0 Å². The van der Waals surface area contributed by atoms with E-state index in [4.69, 9.17) is 20.4 Å². The maximum atomic E-state index is 11.6. The highest BCUT2D eigenvalue weighted by Crippen LogP contribution is 2.19. The summed E-state index contributed by atoms with van der Waals surface area (Å²) in [4.78, 5) is 62.5. The van der Waals surface area contributed by atoms with E-state index in [1.54, 1.807) is 188 Å². The van der Waals surface area contributed by atoms with Crippen LogP contribution in [0.1, 0.15) is 13.8 Å². The third-order valence-corrected chi connectivity index (χ3v) is 37.1. The van der Waals surface area contributed by atoms with Gasteiger partial charge in [0.2, 0.25) is 0 Å². The quantitative estimate of drug-likeness (QED) is 0.0121. The molecule has 0 bridgehead atoms. The minimum Gasteiger partial charge on any atom is -0.396 e. The van der Waals surface area contributed by atoms with Crippen molar-refractivity contribution in [2.75, 3.05) is 243 Å². The van der Waals surface area contributed by atoms with Crippen LogP contribution in [0, 0.1) is 0 Å². The van der Waals surface area contributed by atoms with Gasteiger partial charge >= 0.3 is 0 Å². The van der Waals surface area contributed by atoms with Crippen molar-refractivity contribution in [1.29, 1.82) is 0 Å². The number of thioether (sulfide) groups is 22. The van der Waals surface area contributed by atoms with Crippen LogP contribution in [0.3, 0.4) is 0 Å². The van der Waals surface area contributed by atoms with Gasteiger partial charge in [-0.25, -0.2) is 0 Å². The Hall–Kier alpha value is 4.70. The van der Waals surface area contributed by atoms with Crippen molar-refractivity contribution in [3.8, 4) is 0 Å². The SMILES string of the molecule is CCSCS(=O)C=NCCSCSCCNC(=O)SCCSCCO.CCSCS(=O)C=NCCSCSCCNC(=O)SCSCSCO.CSCSC(=O)NCCSCSCCN=CS(=O)CCSCCO.CSCSC(=O)NCCSCSCCN=CS(=O)CSCSCO. The van der Waals surface area contributed by atoms with E-state index in [-0.39, 0.29) is 46.0 Å². The number of hydrogen-bond donors (Lipinski definition) is 8. The monoisotopic (exact) mass is 1860 g/mol. The average molecular weight is 1870 g/mol. The number of nitrogens with one attached hydrogen (secondary N) is 4. The van der Waals surface area contributed by atoms with E-state index in [1.807, 2.05) is 24.3 Å². The molecule has 0 radical (unpaired) electrons. The third-order valence-electron chi connectivity index (χ3n) is 8.73. The van der Waals surface area contributed by atoms with Gasteiger partial charge in [-0.1, -0.05) is 60.9 Å². The fraction of sp³-hybridized carbons (Fsp3) is 0.846. The van der Waals surface area contributed by atoms with E-state index in [2.05, 4.69) is 55.1 Å². The zero-order valence-electron chi connectivity index (χ0n) is 56.1. The van der Waals surface area contributed by atoms with Crippen molar-refractivity contribution in [2.45, 2.75) is 13.8 Å². The van der Waals surface area contributed by atoms with Gasteiger partial charge in [0.1, 0.15) is 0 Å². The van der Waals surface area contributed by atoms with Gasteiger partial charge in [0, 0.05) is 179 Å². The average Bonchev–Trinajstić information content (AvgIpc) is 3.76. The minimum atomic E-state index is -1.02. The first-order chi connectivity index (χ1) is 47.8. The van der Waals surface area contributed by atoms with Crippen molar-refractivity contribution in [3.05, 3.63) is 0 Å². The Morgan fingerprint density at radius 3 is 1.00 bits per heavy atom. The van der Waals surface area contributed by atoms with Gasteiger partial charge < -0.3 is 41.7 Å². The number of rotatable bonds is 66. The fourth-order valence-corrected chi connectivity index (χ4v) is 26.9. The summed E-state index contributed by atoms with van der Waals surface area (Å²) in [6.07, 6.45) is 3.96. The molecule has 0 aromatic heterocycles. The van der Waals surface area contributed by atoms with Crippen LogP contribution < -0.4 is 21.3 Å². The normalized spacial score (nSPS) is 12.6. The highest BCUT2D eigenvalue weighted by molar-refractivity contribution is 8.27. The molecule has 0 saturated carbocycles. The predicted molar refractivity (Wildman–Crippen MR) is 494 cm³/mol. The van der Waals surface area contributed by atoms with Crippen LogP contribution in [-0.2, 0) is 43.2 Å². The van der Waals surface area contributed by atoms with Crippen molar-refractivity contribution in [3.63, 3.8) is 0 Å². The molecule has 8 N–H and O–H groups in total. The van der Waals surface area contributed by atoms with Gasteiger partial charge in [0.15, 0.2) is 0 Å². The molecule has 4 atom stereocenters. The second kappa shape index (κ2) is 97.8. The first kappa shape index (κ1) is 109. The molecule has 98 heavy (non-hydrogen) atoms. The number of amides is 4. The first-order valence-electron chi connectivity index (χ1n) is 29.6. The number of aliphatic hydroxyl groups is 4. The van der Waals surface area contributed by atoms with Crippen LogP contribution >= 0.6 is 259 Å². The van der Waals surface area contributed by atoms with Crippen LogP contribution in [0.15, 0.2) is 20.0 Å². The molecule has 0 aliphatic carbocycles. The summed E-state index contributed by atoms with van der Waals surface area (Å²) in [6.45, 7) is 10.0. The zero-order chi connectivity index (χ0) is 72.9. The topological polar surface area (TPSA) is 315 Å². The molecule has 580 valence electrons. The van der Waals surface area contributed by atoms with Gasteiger partial charge in [-0.05, 0) is 24.0 Å². The summed E-state index contributed by atoms with van der Waals surface area (Å²) in [5.74, 6) is 14.0. The lowest BCUT2D eigenvalue weighted by atomic mass is 10.8. The molecular formula is C52H104N8O12S26. The Bertz CT molecular complexity index is 1870. The Morgan fingerprint density at radius 1 is 0.327 bits per heavy atom. The smallest absolute Gasteiger partial charge is 0.279 e. The third kappa shape index (κ3) is 103. The number of carbonyl (C=O) groups excluding carboxylic acids is 4. The molecule has 0 spiro atoms. The van der Waals surface area contributed by atoms with Crippen LogP contribution in [-0.4, -0.2) is 323 Å². The van der Waals surface area contributed by atoms with Crippen LogP contribution in [0.4, 0.5) is 19.2 Å². The van der Waals surface area contributed by atoms with Gasteiger partial charge in [-0.15, -0.1) is 165 Å². The van der Waals surface area contributed by atoms with Gasteiger partial charge in [-0.2, -0.15) is 47.0 Å². The number of carbonyl (C=O) groups is 4. The number of hydrogen-bond acceptors (Lipinski definition) is 38. The summed E-state index contributed by atoms with van der Waals surface area (Å²) < 4.78 is 46.0. The second-order valence-electron chi connectivity index (χ2n) is 16.4. The summed E-state index contributed by atoms with van der Waals surface area (Å²) in [6, 6.07) is 0. The molecule has 46 heteroatoms. The summed E-state index contributed by atoms with van der Waals surface area (Å²) in [5, 5.41) is 55.7. The van der Waals surface area contributed by atoms with Crippen LogP contribution in [0.2, 0.25) is 0 Å². The Balaban J connectivity index is -0.000000601. The molecule has 0 aromatic rings. The summed E-state index contributed by atoms with van der Waals surface area (Å²) in [7, 11) is -3.90. The highest BCUT2D eigenvalue weighted by Gasteiger charge is 2.06. The number of nitrogens with zero attached hydrogens (tertiary/aromatic N) is 4. The number of aliphatic hydroxyl groups excluding tert-OH is 4. The van der Waals surface area contributed by atoms with E-state index in [0.29, 0.717) is 84.2 Å². The molecule has 0 aliphatic heterocycles. The fourth-order valence-electron chi connectivity index (χ4n) is 4.63. The molecule has 4 amide bonds. The maximum absolute atomic E-state index is 11.6. The molecule has 0 heterocycles. The first-order valence-corrected chi connectivity index (χ1v) is 60.3. The maximum Gasteiger partial charge on any atom is 0.279 e. The van der Waals surface area contributed by atoms with Gasteiger partial charge in [-0.3, -0.25) is 56.0 Å². The molecule has 0 aromatic carbocycles. The lowest BCUT2D eigenvalue weighted by molar-refractivity contribution is 0.260. The van der Waals surface area contributed by atoms with E-state index in [9.17, 15) is 36.0 Å². The molecule has 4 unspecified atom stereocenters. The minimum absolute atomic E-state index is 0.0123. The molecule has 0 fully saturated rings. The summed E-state index contributed by atoms with van der Waals surface area (Å²) in [5.41, 5.74) is 6.18. The van der Waals surface area contributed by atoms with E-state index in [0.717, 1.165) is 121 Å². The summed E-state index contributed by atoms with van der Waals surface area (Å²) >= 11 is 35.5. The predicted octanol–water partition coefficient (Wildman–Crippen LogP) is 12.7. The second-order valence-corrected chi connectivity index (χ2v) is 49.3. The van der Waals surface area contributed by atoms with Gasteiger partial charge in [0.25, 0.3) is 21.0 Å². The Labute approximate surface area is 690 Å². The molecule has 0 saturated heterocycles. The highest BCUT2D eigenvalue weighted by atomic mass is 32.3. The molecular weight excluding hydrogens is 1760 g/mol. The molecule has 0 aliphatic rings. The molecule has 0 rings (SSSR count). The molecule has 20 nitrogen and oxygen atoms in total. The Morgan fingerprint density at radius 2 is 0.643 bits per heavy atom. The Kier molecular flexibility index (Phi) is 109. The largest absolute Gasteiger partial charge is 0.396 e. The number of aliphatic imine (C=N–C) groups is 4. The van der Waals surface area contributed by atoms with Crippen molar-refractivity contribution in [2.24, 2.45) is 20.0 Å². The van der Waals surface area contributed by atoms with Crippen molar-refractivity contribution in [1.82, 2.24) is 21.3 Å². The van der Waals surface area contributed by atoms with Crippen molar-refractivity contribution >= 4 is 345 Å². The standard InChI is InChI=1S/C14H28N2O3S6.C13H26N2O3S7.C13H26N2O3S6.C12H24N2O3S7/c1-2-20-13-25(19)11-15-3-6-22-12-23-7-4-16-14(18)24-10-9-21-8-5-17;1-2-19-12-25(18)7-14-3-5-20-9-21-6-4-15-13(17)24-11-23-10-22-8-16;1-19-11-23-13(17)15-3-6-22-12-21-5-2-14-10-24(18)9-8-20-7-4-16;1-18-8-23-12(16)14-3-5-20-9-19-4-2-13-6-24(17)11-22-10-21-7-15/h11,17H,2-10,12-13H2,1H3,(H,16,18);7,16H,2-6,8-12H2,1H3,(H,15,17);10,16H,2-9,11-12H2,1H3,(H,15,17);6,15H,2-5,7-11H2,1H3,(H,14,16). The van der Waals surface area contributed by atoms with E-state index in [1.165, 1.54) is 81.7 Å². The van der Waals surface area contributed by atoms with Crippen LogP contribution in [0.5, 0.6) is 0 Å². The zero-order valence-corrected chi connectivity index (χ0v) is 77.3. The van der Waals surface area contributed by atoms with Gasteiger partial charge in [0.05, 0.1) is 106 Å². The lowest BCUT2D eigenvalue weighted by Gasteiger charge is -2.04. The lowest BCUT2D eigenvalue weighted by Crippen LogP contribution is -2.22.